The van der Waals surface area contributed by atoms with E-state index in [0.717, 1.165) is 38.7 Å². The molecule has 7 nitrogen and oxygen atoms in total. The summed E-state index contributed by atoms with van der Waals surface area (Å²) >= 11 is 0. The molecule has 180 valence electrons. The van der Waals surface area contributed by atoms with E-state index in [-0.39, 0.29) is 11.9 Å². The molecule has 3 aliphatic rings. The molecule has 0 spiro atoms. The predicted octanol–water partition coefficient (Wildman–Crippen LogP) is 2.65. The van der Waals surface area contributed by atoms with E-state index >= 15 is 0 Å². The number of anilines is 1. The van der Waals surface area contributed by atoms with Crippen molar-refractivity contribution in [2.24, 2.45) is 4.99 Å². The van der Waals surface area contributed by atoms with Gasteiger partial charge in [-0.15, -0.1) is 0 Å². The molecule has 34 heavy (non-hydrogen) atoms. The summed E-state index contributed by atoms with van der Waals surface area (Å²) < 4.78 is 14.3. The Labute approximate surface area is 201 Å². The largest absolute Gasteiger partial charge is 0.370 e. The van der Waals surface area contributed by atoms with Gasteiger partial charge in [-0.3, -0.25) is 4.98 Å². The van der Waals surface area contributed by atoms with Gasteiger partial charge in [0.15, 0.2) is 5.82 Å². The van der Waals surface area contributed by atoms with Crippen LogP contribution >= 0.6 is 0 Å². The highest BCUT2D eigenvalue weighted by Crippen LogP contribution is 2.27. The Morgan fingerprint density at radius 3 is 2.62 bits per heavy atom. The Balaban J connectivity index is 1.29. The molecular formula is C26H34FN7. The number of nitrogens with zero attached hydrogens (tertiary/aromatic N) is 6. The van der Waals surface area contributed by atoms with Crippen LogP contribution in [-0.2, 0) is 0 Å². The number of rotatable bonds is 4. The first-order chi connectivity index (χ1) is 16.5. The van der Waals surface area contributed by atoms with Crippen LogP contribution in [-0.4, -0.2) is 92.1 Å². The first kappa shape index (κ1) is 22.8. The summed E-state index contributed by atoms with van der Waals surface area (Å²) in [6.07, 6.45) is 6.04. The lowest BCUT2D eigenvalue weighted by Crippen LogP contribution is -2.53. The van der Waals surface area contributed by atoms with Crippen LogP contribution in [0.4, 0.5) is 10.1 Å². The van der Waals surface area contributed by atoms with Crippen LogP contribution in [0, 0.1) is 5.82 Å². The van der Waals surface area contributed by atoms with Crippen molar-refractivity contribution in [1.82, 2.24) is 25.0 Å². The second-order valence-corrected chi connectivity index (χ2v) is 9.63. The second-order valence-electron chi connectivity index (χ2n) is 9.63. The van der Waals surface area contributed by atoms with E-state index in [1.807, 2.05) is 13.1 Å². The molecule has 4 heterocycles. The second kappa shape index (κ2) is 9.72. The van der Waals surface area contributed by atoms with Gasteiger partial charge >= 0.3 is 0 Å². The molecule has 0 amide bonds. The van der Waals surface area contributed by atoms with Crippen LogP contribution in [0.1, 0.15) is 23.6 Å². The summed E-state index contributed by atoms with van der Waals surface area (Å²) in [6, 6.07) is 11.6. The van der Waals surface area contributed by atoms with Gasteiger partial charge < -0.3 is 24.9 Å². The third-order valence-corrected chi connectivity index (χ3v) is 7.18. The third-order valence-electron chi connectivity index (χ3n) is 7.18. The van der Waals surface area contributed by atoms with E-state index < -0.39 is 0 Å². The van der Waals surface area contributed by atoms with Gasteiger partial charge in [-0.05, 0) is 50.4 Å². The first-order valence-corrected chi connectivity index (χ1v) is 12.1. The van der Waals surface area contributed by atoms with Crippen molar-refractivity contribution in [2.45, 2.75) is 18.5 Å². The van der Waals surface area contributed by atoms with Crippen molar-refractivity contribution < 1.29 is 4.39 Å². The molecule has 5 rings (SSSR count). The predicted molar refractivity (Wildman–Crippen MR) is 135 cm³/mol. The van der Waals surface area contributed by atoms with Crippen molar-refractivity contribution in [1.29, 1.82) is 0 Å². The van der Waals surface area contributed by atoms with E-state index in [4.69, 9.17) is 4.99 Å². The van der Waals surface area contributed by atoms with Crippen molar-refractivity contribution >= 4 is 17.3 Å². The molecule has 0 saturated carbocycles. The molecule has 8 heteroatoms. The number of halogens is 1. The molecule has 2 aromatic rings. The minimum absolute atomic E-state index is 0.221. The van der Waals surface area contributed by atoms with E-state index in [1.165, 1.54) is 23.9 Å². The van der Waals surface area contributed by atoms with Crippen molar-refractivity contribution in [3.63, 3.8) is 0 Å². The lowest BCUT2D eigenvalue weighted by atomic mass is 10.0. The fourth-order valence-corrected chi connectivity index (χ4v) is 5.08. The molecule has 1 aromatic carbocycles. The van der Waals surface area contributed by atoms with Gasteiger partial charge in [0.25, 0.3) is 0 Å². The molecule has 0 radical (unpaired) electrons. The normalized spacial score (nSPS) is 23.4. The molecule has 0 bridgehead atoms. The average molecular weight is 464 g/mol. The highest BCUT2D eigenvalue weighted by atomic mass is 19.1. The molecule has 2 atom stereocenters. The maximum atomic E-state index is 14.3. The van der Waals surface area contributed by atoms with Gasteiger partial charge in [0.1, 0.15) is 0 Å². The number of aliphatic imine (C=N–C) groups is 1. The summed E-state index contributed by atoms with van der Waals surface area (Å²) in [4.78, 5) is 18.0. The quantitative estimate of drug-likeness (QED) is 0.753. The minimum atomic E-state index is -0.338. The molecule has 0 unspecified atom stereocenters. The Morgan fingerprint density at radius 1 is 1.06 bits per heavy atom. The van der Waals surface area contributed by atoms with Gasteiger partial charge in [-0.25, -0.2) is 9.38 Å². The van der Waals surface area contributed by atoms with Gasteiger partial charge in [0, 0.05) is 75.8 Å². The van der Waals surface area contributed by atoms with Crippen LogP contribution < -0.4 is 10.2 Å². The van der Waals surface area contributed by atoms with E-state index in [1.54, 1.807) is 12.3 Å². The Bertz CT molecular complexity index is 1070. The maximum absolute atomic E-state index is 14.3. The molecule has 2 saturated heterocycles. The number of nitrogens with one attached hydrogen (secondary N) is 1. The van der Waals surface area contributed by atoms with Crippen LogP contribution in [0.2, 0.25) is 0 Å². The van der Waals surface area contributed by atoms with E-state index in [2.05, 4.69) is 68.3 Å². The SMILES string of the molecule is CN1CC=C(c2ccncc2F)N=C1N1CCN[C@@H](c2ccc(N3CC[C@@H](N(C)C)C3)cc2)C1. The maximum Gasteiger partial charge on any atom is 0.201 e. The molecule has 0 aliphatic carbocycles. The van der Waals surface area contributed by atoms with Gasteiger partial charge in [-0.2, -0.15) is 0 Å². The Morgan fingerprint density at radius 2 is 1.88 bits per heavy atom. The van der Waals surface area contributed by atoms with E-state index in [9.17, 15) is 4.39 Å². The highest BCUT2D eigenvalue weighted by molar-refractivity contribution is 5.88. The molecule has 1 N–H and O–H groups in total. The number of benzene rings is 1. The van der Waals surface area contributed by atoms with Crippen LogP contribution in [0.15, 0.2) is 53.8 Å². The van der Waals surface area contributed by atoms with Crippen LogP contribution in [0.25, 0.3) is 5.70 Å². The van der Waals surface area contributed by atoms with Crippen molar-refractivity contribution in [3.8, 4) is 0 Å². The minimum Gasteiger partial charge on any atom is -0.370 e. The summed E-state index contributed by atoms with van der Waals surface area (Å²) in [7, 11) is 6.37. The van der Waals surface area contributed by atoms with E-state index in [0.29, 0.717) is 23.8 Å². The summed E-state index contributed by atoms with van der Waals surface area (Å²) in [6.45, 7) is 5.45. The lowest BCUT2D eigenvalue weighted by molar-refractivity contribution is 0.266. The zero-order chi connectivity index (χ0) is 23.7. The number of hydrogen-bond acceptors (Lipinski definition) is 7. The first-order valence-electron chi connectivity index (χ1n) is 12.1. The molecule has 3 aliphatic heterocycles. The smallest absolute Gasteiger partial charge is 0.201 e. The summed E-state index contributed by atoms with van der Waals surface area (Å²) in [5.74, 6) is 0.554. The van der Waals surface area contributed by atoms with Gasteiger partial charge in [-0.1, -0.05) is 12.1 Å². The fraction of sp³-hybridized carbons (Fsp3) is 0.462. The zero-order valence-corrected chi connectivity index (χ0v) is 20.3. The van der Waals surface area contributed by atoms with Gasteiger partial charge in [0.05, 0.1) is 11.9 Å². The number of likely N-dealkylation sites (N-methyl/N-ethyl adjacent to an activating group) is 2. The highest BCUT2D eigenvalue weighted by Gasteiger charge is 2.28. The number of pyridine rings is 1. The Hall–Kier alpha value is -2.97. The topological polar surface area (TPSA) is 50.2 Å². The van der Waals surface area contributed by atoms with Crippen LogP contribution in [0.3, 0.4) is 0 Å². The average Bonchev–Trinajstić information content (AvgIpc) is 3.36. The molecular weight excluding hydrogens is 429 g/mol. The fourth-order valence-electron chi connectivity index (χ4n) is 5.08. The molecule has 2 fully saturated rings. The zero-order valence-electron chi connectivity index (χ0n) is 20.3. The lowest BCUT2D eigenvalue weighted by Gasteiger charge is -2.40. The van der Waals surface area contributed by atoms with Crippen molar-refractivity contribution in [3.05, 3.63) is 65.7 Å². The Kier molecular flexibility index (Phi) is 6.52. The number of hydrogen-bond donors (Lipinski definition) is 1. The number of aromatic nitrogens is 1. The summed E-state index contributed by atoms with van der Waals surface area (Å²) in [5, 5.41) is 3.66. The monoisotopic (exact) mass is 463 g/mol. The van der Waals surface area contributed by atoms with Gasteiger partial charge in [0.2, 0.25) is 5.96 Å². The number of piperazine rings is 1. The van der Waals surface area contributed by atoms with Crippen LogP contribution in [0.5, 0.6) is 0 Å². The standard InChI is InChI=1S/C26H34FN7/c1-31(2)21-9-14-33(17-21)20-6-4-19(5-7-20)25-18-34(15-12-29-25)26-30-24(10-13-32(26)3)22-8-11-28-16-23(22)27/h4-8,10-11,16,21,25,29H,9,12-15,17-18H2,1-3H3/t21-,25-/m1/s1. The van der Waals surface area contributed by atoms with Crippen molar-refractivity contribution in [2.75, 3.05) is 65.3 Å². The third kappa shape index (κ3) is 4.65. The number of guanidine groups is 1. The molecule has 1 aromatic heterocycles. The summed E-state index contributed by atoms with van der Waals surface area (Å²) in [5.41, 5.74) is 3.76.